The van der Waals surface area contributed by atoms with Crippen LogP contribution < -0.4 is 4.90 Å². The molecule has 118 valence electrons. The van der Waals surface area contributed by atoms with Crippen LogP contribution in [0.15, 0.2) is 12.4 Å². The summed E-state index contributed by atoms with van der Waals surface area (Å²) < 4.78 is 0. The lowest BCUT2D eigenvalue weighted by Crippen LogP contribution is -2.38. The van der Waals surface area contributed by atoms with Crippen LogP contribution >= 0.6 is 0 Å². The maximum absolute atomic E-state index is 12.1. The number of aromatic nitrogens is 2. The van der Waals surface area contributed by atoms with Crippen molar-refractivity contribution in [2.24, 2.45) is 23.7 Å². The average molecular weight is 300 g/mol. The van der Waals surface area contributed by atoms with Gasteiger partial charge >= 0.3 is 0 Å². The zero-order chi connectivity index (χ0) is 15.3. The van der Waals surface area contributed by atoms with E-state index < -0.39 is 0 Å². The van der Waals surface area contributed by atoms with Crippen LogP contribution in [0.25, 0.3) is 0 Å². The average Bonchev–Trinajstić information content (AvgIpc) is 3.02. The standard InChI is InChI=1S/C17H24N4O/c1-20(2)17(22)15-7-18-8-16(19-15)21-9-13-11-3-4-12(6-5-11)14(13)10-21/h7-8,11-14H,3-6,9-10H2,1-2H3/t11?,12?,13-,14+. The molecule has 1 aromatic rings. The minimum Gasteiger partial charge on any atom is -0.355 e. The number of anilines is 1. The van der Waals surface area contributed by atoms with Crippen molar-refractivity contribution < 1.29 is 4.79 Å². The van der Waals surface area contributed by atoms with Crippen molar-refractivity contribution in [3.8, 4) is 0 Å². The summed E-state index contributed by atoms with van der Waals surface area (Å²) in [5.41, 5.74) is 0.445. The van der Waals surface area contributed by atoms with Crippen LogP contribution in [0.4, 0.5) is 5.82 Å². The molecule has 4 aliphatic rings. The maximum Gasteiger partial charge on any atom is 0.273 e. The topological polar surface area (TPSA) is 49.3 Å². The molecule has 0 unspecified atom stereocenters. The fourth-order valence-electron chi connectivity index (χ4n) is 4.88. The van der Waals surface area contributed by atoms with Crippen molar-refractivity contribution in [2.75, 3.05) is 32.1 Å². The molecule has 2 atom stereocenters. The minimum atomic E-state index is -0.0777. The van der Waals surface area contributed by atoms with E-state index in [1.807, 2.05) is 6.20 Å². The van der Waals surface area contributed by atoms with Gasteiger partial charge in [-0.25, -0.2) is 4.98 Å². The molecule has 2 heterocycles. The second-order valence-corrected chi connectivity index (χ2v) is 7.37. The van der Waals surface area contributed by atoms with E-state index in [4.69, 9.17) is 0 Å². The van der Waals surface area contributed by atoms with Gasteiger partial charge in [0.25, 0.3) is 5.91 Å². The first-order valence-electron chi connectivity index (χ1n) is 8.42. The zero-order valence-electron chi connectivity index (χ0n) is 13.4. The number of hydrogen-bond acceptors (Lipinski definition) is 4. The predicted octanol–water partition coefficient (Wildman–Crippen LogP) is 2.05. The first kappa shape index (κ1) is 14.0. The molecule has 0 radical (unpaired) electrons. The molecule has 3 saturated carbocycles. The summed E-state index contributed by atoms with van der Waals surface area (Å²) in [6.07, 6.45) is 9.06. The third kappa shape index (κ3) is 2.18. The normalized spacial score (nSPS) is 32.9. The Morgan fingerprint density at radius 3 is 2.23 bits per heavy atom. The lowest BCUT2D eigenvalue weighted by Gasteiger charge is -2.44. The van der Waals surface area contributed by atoms with E-state index in [1.54, 1.807) is 25.2 Å². The van der Waals surface area contributed by atoms with E-state index >= 15 is 0 Å². The minimum absolute atomic E-state index is 0.0777. The summed E-state index contributed by atoms with van der Waals surface area (Å²) in [5.74, 6) is 4.30. The molecule has 5 heteroatoms. The van der Waals surface area contributed by atoms with Crippen LogP contribution in [0.3, 0.4) is 0 Å². The molecule has 0 N–H and O–H groups in total. The van der Waals surface area contributed by atoms with E-state index in [1.165, 1.54) is 25.7 Å². The number of carbonyl (C=O) groups excluding carboxylic acids is 1. The molecule has 3 aliphatic carbocycles. The van der Waals surface area contributed by atoms with Crippen LogP contribution in [0.2, 0.25) is 0 Å². The molecule has 1 aliphatic heterocycles. The van der Waals surface area contributed by atoms with Crippen LogP contribution in [-0.4, -0.2) is 48.0 Å². The third-order valence-electron chi connectivity index (χ3n) is 6.01. The molecule has 0 aromatic carbocycles. The molecule has 2 bridgehead atoms. The number of nitrogens with zero attached hydrogens (tertiary/aromatic N) is 4. The number of carbonyl (C=O) groups is 1. The van der Waals surface area contributed by atoms with Crippen LogP contribution in [0.5, 0.6) is 0 Å². The Kier molecular flexibility index (Phi) is 3.31. The Labute approximate surface area is 131 Å². The van der Waals surface area contributed by atoms with Gasteiger partial charge in [-0.3, -0.25) is 9.78 Å². The first-order valence-corrected chi connectivity index (χ1v) is 8.42. The molecule has 1 saturated heterocycles. The van der Waals surface area contributed by atoms with E-state index in [0.717, 1.165) is 42.6 Å². The summed E-state index contributed by atoms with van der Waals surface area (Å²) in [6.45, 7) is 2.19. The van der Waals surface area contributed by atoms with Crippen molar-refractivity contribution in [1.82, 2.24) is 14.9 Å². The second-order valence-electron chi connectivity index (χ2n) is 7.37. The van der Waals surface area contributed by atoms with Crippen molar-refractivity contribution in [3.63, 3.8) is 0 Å². The predicted molar refractivity (Wildman–Crippen MR) is 84.7 cm³/mol. The van der Waals surface area contributed by atoms with Crippen LogP contribution in [0.1, 0.15) is 36.2 Å². The highest BCUT2D eigenvalue weighted by molar-refractivity contribution is 5.91. The van der Waals surface area contributed by atoms with Gasteiger partial charge in [0, 0.05) is 27.2 Å². The largest absolute Gasteiger partial charge is 0.355 e. The summed E-state index contributed by atoms with van der Waals surface area (Å²) in [6, 6.07) is 0. The second kappa shape index (κ2) is 5.21. The molecular formula is C17H24N4O. The third-order valence-corrected chi connectivity index (χ3v) is 6.01. The van der Waals surface area contributed by atoms with Gasteiger partial charge in [-0.2, -0.15) is 0 Å². The van der Waals surface area contributed by atoms with E-state index in [2.05, 4.69) is 14.9 Å². The maximum atomic E-state index is 12.1. The fraction of sp³-hybridized carbons (Fsp3) is 0.706. The van der Waals surface area contributed by atoms with Crippen molar-refractivity contribution in [1.29, 1.82) is 0 Å². The number of hydrogen-bond donors (Lipinski definition) is 0. The Morgan fingerprint density at radius 1 is 1.09 bits per heavy atom. The monoisotopic (exact) mass is 300 g/mol. The molecule has 1 amide bonds. The highest BCUT2D eigenvalue weighted by Gasteiger charge is 2.48. The van der Waals surface area contributed by atoms with Gasteiger partial charge < -0.3 is 9.80 Å². The zero-order valence-corrected chi connectivity index (χ0v) is 13.4. The SMILES string of the molecule is CN(C)C(=O)c1cncc(N2C[C@@H]3C4CCC(CC4)[C@@H]3C2)n1. The van der Waals surface area contributed by atoms with Crippen molar-refractivity contribution in [3.05, 3.63) is 18.1 Å². The summed E-state index contributed by atoms with van der Waals surface area (Å²) in [5, 5.41) is 0. The van der Waals surface area contributed by atoms with Gasteiger partial charge in [0.2, 0.25) is 0 Å². The summed E-state index contributed by atoms with van der Waals surface area (Å²) >= 11 is 0. The van der Waals surface area contributed by atoms with Crippen molar-refractivity contribution >= 4 is 11.7 Å². The van der Waals surface area contributed by atoms with E-state index in [9.17, 15) is 4.79 Å². The fourth-order valence-corrected chi connectivity index (χ4v) is 4.88. The van der Waals surface area contributed by atoms with Gasteiger partial charge in [-0.1, -0.05) is 0 Å². The lowest BCUT2D eigenvalue weighted by atomic mass is 9.60. The molecular weight excluding hydrogens is 276 g/mol. The lowest BCUT2D eigenvalue weighted by molar-refractivity contribution is 0.0577. The Bertz CT molecular complexity index is 560. The Balaban J connectivity index is 1.56. The highest BCUT2D eigenvalue weighted by atomic mass is 16.2. The van der Waals surface area contributed by atoms with Crippen molar-refractivity contribution in [2.45, 2.75) is 25.7 Å². The van der Waals surface area contributed by atoms with Gasteiger partial charge in [0.05, 0.1) is 12.4 Å². The number of amides is 1. The molecule has 4 fully saturated rings. The molecule has 5 rings (SSSR count). The van der Waals surface area contributed by atoms with E-state index in [0.29, 0.717) is 5.69 Å². The smallest absolute Gasteiger partial charge is 0.273 e. The molecule has 5 nitrogen and oxygen atoms in total. The molecule has 22 heavy (non-hydrogen) atoms. The van der Waals surface area contributed by atoms with Gasteiger partial charge in [0.1, 0.15) is 11.5 Å². The number of fused-ring (bicyclic) bond motifs is 2. The summed E-state index contributed by atoms with van der Waals surface area (Å²) in [4.78, 5) is 24.8. The Morgan fingerprint density at radius 2 is 1.68 bits per heavy atom. The van der Waals surface area contributed by atoms with Crippen LogP contribution in [-0.2, 0) is 0 Å². The molecule has 0 spiro atoms. The Hall–Kier alpha value is -1.65. The van der Waals surface area contributed by atoms with Gasteiger partial charge in [-0.15, -0.1) is 0 Å². The van der Waals surface area contributed by atoms with Crippen LogP contribution in [0, 0.1) is 23.7 Å². The highest BCUT2D eigenvalue weighted by Crippen LogP contribution is 2.52. The first-order chi connectivity index (χ1) is 10.6. The summed E-state index contributed by atoms with van der Waals surface area (Å²) in [7, 11) is 3.50. The quantitative estimate of drug-likeness (QED) is 0.839. The van der Waals surface area contributed by atoms with Gasteiger partial charge in [-0.05, 0) is 49.4 Å². The van der Waals surface area contributed by atoms with Gasteiger partial charge in [0.15, 0.2) is 0 Å². The number of rotatable bonds is 2. The van der Waals surface area contributed by atoms with E-state index in [-0.39, 0.29) is 5.91 Å². The molecule has 1 aromatic heterocycles.